The van der Waals surface area contributed by atoms with Gasteiger partial charge in [0, 0.05) is 38.8 Å². The van der Waals surface area contributed by atoms with E-state index in [1.807, 2.05) is 11.8 Å². The molecule has 0 unspecified atom stereocenters. The predicted molar refractivity (Wildman–Crippen MR) is 93.8 cm³/mol. The molecule has 0 aliphatic carbocycles. The van der Waals surface area contributed by atoms with Gasteiger partial charge in [0.15, 0.2) is 18.1 Å². The maximum Gasteiger partial charge on any atom is 0.260 e. The third kappa shape index (κ3) is 4.13. The number of hydrogen-bond donors (Lipinski definition) is 0. The lowest BCUT2D eigenvalue weighted by atomic mass is 10.2. The van der Waals surface area contributed by atoms with Crippen LogP contribution in [0.3, 0.4) is 0 Å². The van der Waals surface area contributed by atoms with Gasteiger partial charge in [-0.3, -0.25) is 9.69 Å². The quantitative estimate of drug-likeness (QED) is 0.762. The summed E-state index contributed by atoms with van der Waals surface area (Å²) in [6.45, 7) is 6.51. The number of hydrogen-bond acceptors (Lipinski definition) is 8. The molecule has 2 aliphatic rings. The molecular weight excluding hydrogens is 352 g/mol. The molecule has 4 rings (SSSR count). The van der Waals surface area contributed by atoms with E-state index in [2.05, 4.69) is 15.2 Å². The lowest BCUT2D eigenvalue weighted by Gasteiger charge is -2.34. The normalized spacial score (nSPS) is 17.0. The Bertz CT molecular complexity index is 801. The van der Waals surface area contributed by atoms with Crippen LogP contribution in [0.4, 0.5) is 0 Å². The minimum atomic E-state index is -0.0242. The molecule has 0 saturated carbocycles. The van der Waals surface area contributed by atoms with Crippen LogP contribution in [0.15, 0.2) is 22.8 Å². The van der Waals surface area contributed by atoms with Gasteiger partial charge < -0.3 is 19.1 Å². The maximum atomic E-state index is 12.4. The summed E-state index contributed by atoms with van der Waals surface area (Å²) < 4.78 is 21.4. The maximum absolute atomic E-state index is 12.4. The number of aryl methyl sites for hydroxylation is 1. The molecule has 2 aromatic rings. The first-order valence-electron chi connectivity index (χ1n) is 8.99. The molecule has 1 aromatic heterocycles. The van der Waals surface area contributed by atoms with Crippen LogP contribution in [0.2, 0.25) is 0 Å². The first-order chi connectivity index (χ1) is 13.2. The lowest BCUT2D eigenvalue weighted by Crippen LogP contribution is -2.49. The van der Waals surface area contributed by atoms with Gasteiger partial charge in [0.05, 0.1) is 0 Å². The molecule has 1 amide bonds. The van der Waals surface area contributed by atoms with Crippen molar-refractivity contribution in [3.05, 3.63) is 29.6 Å². The Morgan fingerprint density at radius 2 is 1.89 bits per heavy atom. The average molecular weight is 374 g/mol. The van der Waals surface area contributed by atoms with E-state index in [-0.39, 0.29) is 12.5 Å². The molecule has 9 nitrogen and oxygen atoms in total. The van der Waals surface area contributed by atoms with Crippen LogP contribution in [0.5, 0.6) is 17.2 Å². The predicted octanol–water partition coefficient (Wildman–Crippen LogP) is 0.872. The molecular formula is C18H22N4O5. The molecule has 0 N–H and O–H groups in total. The zero-order valence-electron chi connectivity index (χ0n) is 15.2. The van der Waals surface area contributed by atoms with E-state index in [1.54, 1.807) is 18.2 Å². The van der Waals surface area contributed by atoms with Crippen molar-refractivity contribution in [2.75, 3.05) is 46.0 Å². The Morgan fingerprint density at radius 3 is 2.63 bits per heavy atom. The fourth-order valence-corrected chi connectivity index (χ4v) is 3.11. The zero-order valence-corrected chi connectivity index (χ0v) is 15.2. The Morgan fingerprint density at radius 1 is 1.11 bits per heavy atom. The second-order valence-corrected chi connectivity index (χ2v) is 6.55. The van der Waals surface area contributed by atoms with Gasteiger partial charge in [-0.15, -0.1) is 0 Å². The van der Waals surface area contributed by atoms with Gasteiger partial charge in [-0.2, -0.15) is 0 Å². The lowest BCUT2D eigenvalue weighted by molar-refractivity contribution is -0.135. The van der Waals surface area contributed by atoms with E-state index in [4.69, 9.17) is 18.8 Å². The van der Waals surface area contributed by atoms with E-state index in [0.717, 1.165) is 24.5 Å². The highest BCUT2D eigenvalue weighted by molar-refractivity contribution is 5.78. The third-order valence-electron chi connectivity index (χ3n) is 4.72. The molecule has 1 aromatic carbocycles. The number of fused-ring (bicyclic) bond motifs is 1. The molecule has 1 saturated heterocycles. The third-order valence-corrected chi connectivity index (χ3v) is 4.72. The van der Waals surface area contributed by atoms with Crippen molar-refractivity contribution in [2.24, 2.45) is 0 Å². The fourth-order valence-electron chi connectivity index (χ4n) is 3.11. The molecule has 1 fully saturated rings. The number of nitrogens with zero attached hydrogens (tertiary/aromatic N) is 4. The molecule has 0 radical (unpaired) electrons. The first-order valence-corrected chi connectivity index (χ1v) is 8.99. The summed E-state index contributed by atoms with van der Waals surface area (Å²) in [5.74, 6) is 1.93. The first kappa shape index (κ1) is 17.6. The molecule has 0 bridgehead atoms. The van der Waals surface area contributed by atoms with Crippen LogP contribution in [-0.2, 0) is 11.3 Å². The molecule has 0 atom stereocenters. The van der Waals surface area contributed by atoms with Gasteiger partial charge >= 0.3 is 0 Å². The Balaban J connectivity index is 1.24. The Kier molecular flexibility index (Phi) is 5.10. The second kappa shape index (κ2) is 7.83. The summed E-state index contributed by atoms with van der Waals surface area (Å²) in [6, 6.07) is 5.34. The van der Waals surface area contributed by atoms with Gasteiger partial charge in [-0.1, -0.05) is 10.3 Å². The largest absolute Gasteiger partial charge is 0.486 e. The summed E-state index contributed by atoms with van der Waals surface area (Å²) in [5.41, 5.74) is 1.65. The highest BCUT2D eigenvalue weighted by atomic mass is 16.6. The molecule has 2 aliphatic heterocycles. The molecule has 9 heteroatoms. The van der Waals surface area contributed by atoms with Gasteiger partial charge in [-0.25, -0.2) is 4.63 Å². The van der Waals surface area contributed by atoms with Gasteiger partial charge in [0.1, 0.15) is 30.4 Å². The standard InChI is InChI=1S/C18H22N4O5/c1-13-15(20-27-19-13)11-21-4-6-22(7-5-21)18(23)12-26-14-2-3-16-17(10-14)25-9-8-24-16/h2-3,10H,4-9,11-12H2,1H3. The summed E-state index contributed by atoms with van der Waals surface area (Å²) >= 11 is 0. The van der Waals surface area contributed by atoms with Crippen LogP contribution in [0, 0.1) is 6.92 Å². The van der Waals surface area contributed by atoms with Gasteiger partial charge in [0.25, 0.3) is 5.91 Å². The number of carbonyl (C=O) groups is 1. The number of benzene rings is 1. The smallest absolute Gasteiger partial charge is 0.260 e. The van der Waals surface area contributed by atoms with Crippen LogP contribution in [0.1, 0.15) is 11.4 Å². The molecule has 3 heterocycles. The second-order valence-electron chi connectivity index (χ2n) is 6.55. The topological polar surface area (TPSA) is 90.2 Å². The number of rotatable bonds is 5. The zero-order chi connectivity index (χ0) is 18.6. The number of ether oxygens (including phenoxy) is 3. The van der Waals surface area contributed by atoms with E-state index in [1.165, 1.54) is 0 Å². The highest BCUT2D eigenvalue weighted by Crippen LogP contribution is 2.33. The number of piperazine rings is 1. The summed E-state index contributed by atoms with van der Waals surface area (Å²) in [4.78, 5) is 16.5. The van der Waals surface area contributed by atoms with Crippen LogP contribution in [0.25, 0.3) is 0 Å². The Labute approximate surface area is 156 Å². The number of carbonyl (C=O) groups excluding carboxylic acids is 1. The van der Waals surface area contributed by atoms with Crippen LogP contribution in [-0.4, -0.2) is 72.0 Å². The van der Waals surface area contributed by atoms with E-state index in [9.17, 15) is 4.79 Å². The van der Waals surface area contributed by atoms with Crippen LogP contribution < -0.4 is 14.2 Å². The average Bonchev–Trinajstić information content (AvgIpc) is 3.11. The minimum Gasteiger partial charge on any atom is -0.486 e. The summed E-state index contributed by atoms with van der Waals surface area (Å²) in [6.07, 6.45) is 0. The Hall–Kier alpha value is -2.81. The van der Waals surface area contributed by atoms with Crippen molar-refractivity contribution in [1.29, 1.82) is 0 Å². The van der Waals surface area contributed by atoms with Crippen molar-refractivity contribution in [1.82, 2.24) is 20.1 Å². The number of amides is 1. The minimum absolute atomic E-state index is 0.00591. The van der Waals surface area contributed by atoms with Gasteiger partial charge in [0.2, 0.25) is 0 Å². The summed E-state index contributed by atoms with van der Waals surface area (Å²) in [7, 11) is 0. The summed E-state index contributed by atoms with van der Waals surface area (Å²) in [5, 5.41) is 7.70. The SMILES string of the molecule is Cc1nonc1CN1CCN(C(=O)COc2ccc3c(c2)OCCO3)CC1. The van der Waals surface area contributed by atoms with E-state index in [0.29, 0.717) is 50.1 Å². The molecule has 27 heavy (non-hydrogen) atoms. The van der Waals surface area contributed by atoms with Crippen molar-refractivity contribution in [3.8, 4) is 17.2 Å². The van der Waals surface area contributed by atoms with Gasteiger partial charge in [-0.05, 0) is 19.1 Å². The van der Waals surface area contributed by atoms with Crippen molar-refractivity contribution < 1.29 is 23.6 Å². The van der Waals surface area contributed by atoms with Crippen molar-refractivity contribution >= 4 is 5.91 Å². The monoisotopic (exact) mass is 374 g/mol. The fraction of sp³-hybridized carbons (Fsp3) is 0.500. The number of aromatic nitrogens is 2. The highest BCUT2D eigenvalue weighted by Gasteiger charge is 2.23. The van der Waals surface area contributed by atoms with Crippen molar-refractivity contribution in [3.63, 3.8) is 0 Å². The van der Waals surface area contributed by atoms with Crippen LogP contribution >= 0.6 is 0 Å². The molecule has 144 valence electrons. The molecule has 0 spiro atoms. The van der Waals surface area contributed by atoms with Crippen molar-refractivity contribution in [2.45, 2.75) is 13.5 Å². The van der Waals surface area contributed by atoms with E-state index < -0.39 is 0 Å². The van der Waals surface area contributed by atoms with E-state index >= 15 is 0 Å².